The topological polar surface area (TPSA) is 12.0 Å². The molecule has 1 aromatic rings. The molecule has 106 valence electrons. The first-order valence-corrected chi connectivity index (χ1v) is 8.07. The van der Waals surface area contributed by atoms with Crippen LogP contribution in [0.15, 0.2) is 24.3 Å². The number of benzene rings is 1. The highest BCUT2D eigenvalue weighted by Gasteiger charge is 2.17. The molecule has 1 heteroatoms. The van der Waals surface area contributed by atoms with E-state index in [0.29, 0.717) is 0 Å². The second-order valence-electron chi connectivity index (χ2n) is 6.23. The van der Waals surface area contributed by atoms with Gasteiger partial charge in [0.2, 0.25) is 0 Å². The van der Waals surface area contributed by atoms with Gasteiger partial charge in [-0.15, -0.1) is 0 Å². The number of nitrogens with one attached hydrogen (secondary N) is 1. The second-order valence-corrected chi connectivity index (χ2v) is 6.23. The van der Waals surface area contributed by atoms with Gasteiger partial charge in [-0.25, -0.2) is 0 Å². The molecule has 2 rings (SSSR count). The van der Waals surface area contributed by atoms with Crippen LogP contribution in [0.2, 0.25) is 0 Å². The van der Waals surface area contributed by atoms with Crippen LogP contribution in [0.3, 0.4) is 0 Å². The van der Waals surface area contributed by atoms with E-state index in [-0.39, 0.29) is 0 Å². The molecule has 0 saturated heterocycles. The molecule has 0 spiro atoms. The van der Waals surface area contributed by atoms with Crippen molar-refractivity contribution in [3.8, 4) is 0 Å². The smallest absolute Gasteiger partial charge is 0.0208 e. The van der Waals surface area contributed by atoms with Crippen molar-refractivity contribution in [2.24, 2.45) is 5.92 Å². The molecule has 2 unspecified atom stereocenters. The number of hydrogen-bond acceptors (Lipinski definition) is 1. The summed E-state index contributed by atoms with van der Waals surface area (Å²) in [5.41, 5.74) is 2.76. The van der Waals surface area contributed by atoms with Crippen LogP contribution in [0.4, 0.5) is 0 Å². The Morgan fingerprint density at radius 3 is 2.58 bits per heavy atom. The van der Waals surface area contributed by atoms with E-state index < -0.39 is 0 Å². The van der Waals surface area contributed by atoms with Gasteiger partial charge in [0.15, 0.2) is 0 Å². The molecular weight excluding hydrogens is 230 g/mol. The minimum Gasteiger partial charge on any atom is -0.310 e. The van der Waals surface area contributed by atoms with Gasteiger partial charge in [-0.3, -0.25) is 0 Å². The zero-order valence-corrected chi connectivity index (χ0v) is 12.6. The van der Waals surface area contributed by atoms with Crippen molar-refractivity contribution in [2.45, 2.75) is 71.4 Å². The van der Waals surface area contributed by atoms with Crippen molar-refractivity contribution >= 4 is 0 Å². The lowest BCUT2D eigenvalue weighted by atomic mass is 9.95. The summed E-state index contributed by atoms with van der Waals surface area (Å²) in [6.07, 6.45) is 9.83. The fourth-order valence-electron chi connectivity index (χ4n) is 3.25. The number of aryl methyl sites for hydroxylation is 1. The molecule has 1 aliphatic carbocycles. The van der Waals surface area contributed by atoms with Gasteiger partial charge in [-0.1, -0.05) is 62.4 Å². The zero-order valence-electron chi connectivity index (χ0n) is 12.6. The largest absolute Gasteiger partial charge is 0.310 e. The number of hydrogen-bond donors (Lipinski definition) is 1. The van der Waals surface area contributed by atoms with Crippen LogP contribution in [0, 0.1) is 12.8 Å². The van der Waals surface area contributed by atoms with Crippen molar-refractivity contribution in [3.05, 3.63) is 35.4 Å². The maximum Gasteiger partial charge on any atom is 0.0208 e. The summed E-state index contributed by atoms with van der Waals surface area (Å²) in [4.78, 5) is 0. The molecular formula is C18H29N. The molecule has 1 nitrogen and oxygen atoms in total. The Kier molecular flexibility index (Phi) is 5.91. The van der Waals surface area contributed by atoms with Crippen molar-refractivity contribution in [1.82, 2.24) is 5.32 Å². The van der Waals surface area contributed by atoms with E-state index in [1.165, 1.54) is 56.1 Å². The first-order valence-electron chi connectivity index (χ1n) is 8.07. The lowest BCUT2D eigenvalue weighted by molar-refractivity contribution is 0.409. The van der Waals surface area contributed by atoms with Crippen molar-refractivity contribution in [2.75, 3.05) is 0 Å². The zero-order chi connectivity index (χ0) is 13.5. The SMILES string of the molecule is CCCC1CCCC(NCc2ccc(C)cc2)CC1. The molecule has 19 heavy (non-hydrogen) atoms. The third-order valence-electron chi connectivity index (χ3n) is 4.50. The standard InChI is InChI=1S/C18H29N/c1-3-5-16-6-4-7-18(13-12-16)19-14-17-10-8-15(2)9-11-17/h8-11,16,18-19H,3-7,12-14H2,1-2H3. The van der Waals surface area contributed by atoms with Gasteiger partial charge in [0.25, 0.3) is 0 Å². The predicted molar refractivity (Wildman–Crippen MR) is 83.3 cm³/mol. The van der Waals surface area contributed by atoms with Gasteiger partial charge < -0.3 is 5.32 Å². The third kappa shape index (κ3) is 4.99. The maximum absolute atomic E-state index is 3.76. The van der Waals surface area contributed by atoms with Gasteiger partial charge in [0.1, 0.15) is 0 Å². The van der Waals surface area contributed by atoms with E-state index in [2.05, 4.69) is 43.4 Å². The van der Waals surface area contributed by atoms with E-state index in [1.54, 1.807) is 0 Å². The van der Waals surface area contributed by atoms with Gasteiger partial charge in [0, 0.05) is 12.6 Å². The van der Waals surface area contributed by atoms with Gasteiger partial charge in [-0.05, 0) is 37.7 Å². The highest BCUT2D eigenvalue weighted by molar-refractivity contribution is 5.21. The Morgan fingerprint density at radius 1 is 1.05 bits per heavy atom. The Bertz CT molecular complexity index is 354. The lowest BCUT2D eigenvalue weighted by Gasteiger charge is -2.17. The Labute approximate surface area is 118 Å². The molecule has 2 atom stereocenters. The van der Waals surface area contributed by atoms with Crippen LogP contribution in [0.1, 0.15) is 63.0 Å². The van der Waals surface area contributed by atoms with E-state index in [9.17, 15) is 0 Å². The average molecular weight is 259 g/mol. The molecule has 1 saturated carbocycles. The fraction of sp³-hybridized carbons (Fsp3) is 0.667. The van der Waals surface area contributed by atoms with Crippen molar-refractivity contribution in [3.63, 3.8) is 0 Å². The quantitative estimate of drug-likeness (QED) is 0.747. The summed E-state index contributed by atoms with van der Waals surface area (Å²) < 4.78 is 0. The Balaban J connectivity index is 1.75. The van der Waals surface area contributed by atoms with Crippen LogP contribution < -0.4 is 5.32 Å². The number of rotatable bonds is 5. The highest BCUT2D eigenvalue weighted by Crippen LogP contribution is 2.26. The molecule has 0 aromatic heterocycles. The van der Waals surface area contributed by atoms with Gasteiger partial charge in [-0.2, -0.15) is 0 Å². The van der Waals surface area contributed by atoms with Crippen LogP contribution >= 0.6 is 0 Å². The summed E-state index contributed by atoms with van der Waals surface area (Å²) in [5.74, 6) is 0.996. The first kappa shape index (κ1) is 14.6. The van der Waals surface area contributed by atoms with Crippen LogP contribution in [-0.2, 0) is 6.54 Å². The summed E-state index contributed by atoms with van der Waals surface area (Å²) in [5, 5.41) is 3.76. The molecule has 1 N–H and O–H groups in total. The van der Waals surface area contributed by atoms with Gasteiger partial charge >= 0.3 is 0 Å². The summed E-state index contributed by atoms with van der Waals surface area (Å²) in [7, 11) is 0. The van der Waals surface area contributed by atoms with Gasteiger partial charge in [0.05, 0.1) is 0 Å². The summed E-state index contributed by atoms with van der Waals surface area (Å²) in [6, 6.07) is 9.66. The molecule has 0 bridgehead atoms. The predicted octanol–water partition coefficient (Wildman–Crippen LogP) is 4.83. The fourth-order valence-corrected chi connectivity index (χ4v) is 3.25. The Morgan fingerprint density at radius 2 is 1.84 bits per heavy atom. The minimum atomic E-state index is 0.739. The molecule has 1 fully saturated rings. The molecule has 1 aliphatic rings. The van der Waals surface area contributed by atoms with Crippen molar-refractivity contribution in [1.29, 1.82) is 0 Å². The minimum absolute atomic E-state index is 0.739. The van der Waals surface area contributed by atoms with E-state index >= 15 is 0 Å². The van der Waals surface area contributed by atoms with Crippen LogP contribution in [0.5, 0.6) is 0 Å². The molecule has 0 amide bonds. The first-order chi connectivity index (χ1) is 9.28. The van der Waals surface area contributed by atoms with Crippen molar-refractivity contribution < 1.29 is 0 Å². The molecule has 1 aromatic carbocycles. The van der Waals surface area contributed by atoms with Crippen LogP contribution in [0.25, 0.3) is 0 Å². The normalized spacial score (nSPS) is 24.1. The monoisotopic (exact) mass is 259 g/mol. The average Bonchev–Trinajstić information content (AvgIpc) is 2.64. The second kappa shape index (κ2) is 7.69. The summed E-state index contributed by atoms with van der Waals surface area (Å²) >= 11 is 0. The lowest BCUT2D eigenvalue weighted by Crippen LogP contribution is -2.27. The summed E-state index contributed by atoms with van der Waals surface area (Å²) in [6.45, 7) is 5.50. The maximum atomic E-state index is 3.76. The van der Waals surface area contributed by atoms with Crippen LogP contribution in [-0.4, -0.2) is 6.04 Å². The highest BCUT2D eigenvalue weighted by atomic mass is 14.9. The molecule has 0 heterocycles. The molecule has 0 aliphatic heterocycles. The van der Waals surface area contributed by atoms with E-state index in [1.807, 2.05) is 0 Å². The Hall–Kier alpha value is -0.820. The third-order valence-corrected chi connectivity index (χ3v) is 4.50. The van der Waals surface area contributed by atoms with E-state index in [4.69, 9.17) is 0 Å². The van der Waals surface area contributed by atoms with E-state index in [0.717, 1.165) is 18.5 Å². The molecule has 0 radical (unpaired) electrons.